The molecule has 0 bridgehead atoms. The zero-order valence-electron chi connectivity index (χ0n) is 16.5. The van der Waals surface area contributed by atoms with E-state index < -0.39 is 0 Å². The number of rotatable bonds is 6. The molecule has 1 amide bonds. The third kappa shape index (κ3) is 5.18. The molecule has 1 aliphatic rings. The zero-order chi connectivity index (χ0) is 21.7. The maximum absolute atomic E-state index is 12.7. The van der Waals surface area contributed by atoms with E-state index in [0.29, 0.717) is 30.2 Å². The molecule has 8 heteroatoms. The summed E-state index contributed by atoms with van der Waals surface area (Å²) in [6, 6.07) is 13.6. The first-order valence-electron chi connectivity index (χ1n) is 9.34. The summed E-state index contributed by atoms with van der Waals surface area (Å²) in [4.78, 5) is 19.5. The minimum absolute atomic E-state index is 0.00634. The van der Waals surface area contributed by atoms with E-state index in [-0.39, 0.29) is 5.91 Å². The van der Waals surface area contributed by atoms with Crippen LogP contribution in [0.25, 0.3) is 6.08 Å². The average molecular weight is 643 g/mol. The summed E-state index contributed by atoms with van der Waals surface area (Å²) in [6.45, 7) is 5.50. The highest BCUT2D eigenvalue weighted by Crippen LogP contribution is 2.35. The van der Waals surface area contributed by atoms with Gasteiger partial charge >= 0.3 is 0 Å². The molecule has 1 heterocycles. The van der Waals surface area contributed by atoms with Gasteiger partial charge in [0.15, 0.2) is 5.17 Å². The van der Waals surface area contributed by atoms with Gasteiger partial charge in [0.1, 0.15) is 12.4 Å². The van der Waals surface area contributed by atoms with Crippen LogP contribution in [0.3, 0.4) is 0 Å². The lowest BCUT2D eigenvalue weighted by atomic mass is 10.1. The van der Waals surface area contributed by atoms with Crippen LogP contribution in [0.4, 0.5) is 0 Å². The maximum Gasteiger partial charge on any atom is 0.266 e. The monoisotopic (exact) mass is 643 g/mol. The first-order chi connectivity index (χ1) is 14.5. The number of aliphatic imine (C=N–C) groups is 1. The number of amidine groups is 1. The fourth-order valence-electron chi connectivity index (χ4n) is 2.90. The lowest BCUT2D eigenvalue weighted by molar-refractivity contribution is -0.122. The summed E-state index contributed by atoms with van der Waals surface area (Å²) in [5.74, 6) is 0.771. The van der Waals surface area contributed by atoms with E-state index in [4.69, 9.17) is 4.74 Å². The van der Waals surface area contributed by atoms with Crippen LogP contribution in [0.1, 0.15) is 30.5 Å². The van der Waals surface area contributed by atoms with Crippen LogP contribution in [-0.2, 0) is 11.4 Å². The van der Waals surface area contributed by atoms with Crippen molar-refractivity contribution in [2.45, 2.75) is 20.5 Å². The molecule has 0 N–H and O–H groups in total. The van der Waals surface area contributed by atoms with Gasteiger partial charge in [-0.1, -0.05) is 18.2 Å². The number of hydrogen-bond acceptors (Lipinski definition) is 5. The molecule has 1 fully saturated rings. The maximum atomic E-state index is 12.7. The Morgan fingerprint density at radius 3 is 2.57 bits per heavy atom. The Bertz CT molecular complexity index is 1050. The van der Waals surface area contributed by atoms with Crippen LogP contribution in [0.5, 0.6) is 5.75 Å². The third-order valence-electron chi connectivity index (χ3n) is 4.33. The molecule has 3 rings (SSSR count). The molecule has 1 saturated heterocycles. The van der Waals surface area contributed by atoms with Gasteiger partial charge in [-0.2, -0.15) is 5.26 Å². The summed E-state index contributed by atoms with van der Waals surface area (Å²) in [6.07, 6.45) is 1.91. The van der Waals surface area contributed by atoms with Gasteiger partial charge in [-0.15, -0.1) is 0 Å². The fourth-order valence-corrected chi connectivity index (χ4v) is 6.13. The third-order valence-corrected chi connectivity index (χ3v) is 6.97. The number of halogens is 2. The van der Waals surface area contributed by atoms with E-state index in [1.54, 1.807) is 11.0 Å². The van der Waals surface area contributed by atoms with Crippen molar-refractivity contribution in [3.8, 4) is 11.8 Å². The standard InChI is InChI=1S/C22H19I2N3O2S/c1-3-26-22-27(4-2)21(28)19(30-22)11-14-9-17(23)20(18(24)10-14)29-13-16-8-6-5-7-15(16)12-25/h5-11H,3-4,13H2,1-2H3/b19-11-,26-22?. The number of ether oxygens (including phenoxy) is 1. The van der Waals surface area contributed by atoms with Gasteiger partial charge in [-0.05, 0) is 101 Å². The molecule has 30 heavy (non-hydrogen) atoms. The van der Waals surface area contributed by atoms with E-state index in [9.17, 15) is 10.1 Å². The molecule has 0 atom stereocenters. The number of likely N-dealkylation sites (N-methyl/N-ethyl adjacent to an activating group) is 1. The molecule has 0 spiro atoms. The molecule has 0 aliphatic carbocycles. The molecular formula is C22H19I2N3O2S. The number of nitrogens with zero attached hydrogens (tertiary/aromatic N) is 3. The minimum Gasteiger partial charge on any atom is -0.487 e. The number of carbonyl (C=O) groups excluding carboxylic acids is 1. The largest absolute Gasteiger partial charge is 0.487 e. The summed E-state index contributed by atoms with van der Waals surface area (Å²) in [7, 11) is 0. The van der Waals surface area contributed by atoms with Gasteiger partial charge < -0.3 is 4.74 Å². The average Bonchev–Trinajstić information content (AvgIpc) is 3.02. The van der Waals surface area contributed by atoms with Crippen molar-refractivity contribution in [3.05, 3.63) is 65.1 Å². The Hall–Kier alpha value is -1.58. The predicted octanol–water partition coefficient (Wildman–Crippen LogP) is 5.66. The van der Waals surface area contributed by atoms with Crippen LogP contribution in [0, 0.1) is 18.5 Å². The normalized spacial score (nSPS) is 16.4. The number of nitriles is 1. The molecule has 0 unspecified atom stereocenters. The zero-order valence-corrected chi connectivity index (χ0v) is 21.6. The number of thioether (sulfide) groups is 1. The highest BCUT2D eigenvalue weighted by Gasteiger charge is 2.31. The molecule has 5 nitrogen and oxygen atoms in total. The molecule has 2 aromatic carbocycles. The van der Waals surface area contributed by atoms with Gasteiger partial charge in [0.2, 0.25) is 0 Å². The van der Waals surface area contributed by atoms with E-state index in [2.05, 4.69) is 56.2 Å². The van der Waals surface area contributed by atoms with Crippen molar-refractivity contribution in [1.82, 2.24) is 4.90 Å². The molecule has 154 valence electrons. The Balaban J connectivity index is 1.83. The Kier molecular flexibility index (Phi) is 8.19. The van der Waals surface area contributed by atoms with E-state index in [1.165, 1.54) is 11.8 Å². The summed E-state index contributed by atoms with van der Waals surface area (Å²) in [5, 5.41) is 10.0. The highest BCUT2D eigenvalue weighted by molar-refractivity contribution is 14.1. The molecule has 0 radical (unpaired) electrons. The van der Waals surface area contributed by atoms with Crippen molar-refractivity contribution in [3.63, 3.8) is 0 Å². The Morgan fingerprint density at radius 2 is 1.93 bits per heavy atom. The van der Waals surface area contributed by atoms with Crippen LogP contribution in [0.15, 0.2) is 46.3 Å². The van der Waals surface area contributed by atoms with Gasteiger partial charge in [0, 0.05) is 18.7 Å². The number of hydrogen-bond donors (Lipinski definition) is 0. The van der Waals surface area contributed by atoms with Gasteiger partial charge in [-0.3, -0.25) is 14.7 Å². The van der Waals surface area contributed by atoms with Crippen molar-refractivity contribution < 1.29 is 9.53 Å². The lowest BCUT2D eigenvalue weighted by Crippen LogP contribution is -2.28. The molecular weight excluding hydrogens is 624 g/mol. The first kappa shape index (κ1) is 23.1. The van der Waals surface area contributed by atoms with Crippen LogP contribution < -0.4 is 4.74 Å². The van der Waals surface area contributed by atoms with Crippen LogP contribution >= 0.6 is 56.9 Å². The van der Waals surface area contributed by atoms with E-state index in [1.807, 2.05) is 50.3 Å². The topological polar surface area (TPSA) is 65.7 Å². The van der Waals surface area contributed by atoms with Gasteiger partial charge in [-0.25, -0.2) is 0 Å². The van der Waals surface area contributed by atoms with Crippen molar-refractivity contribution in [1.29, 1.82) is 5.26 Å². The second-order valence-electron chi connectivity index (χ2n) is 6.29. The molecule has 0 aromatic heterocycles. The summed E-state index contributed by atoms with van der Waals surface area (Å²) in [5.41, 5.74) is 2.41. The molecule has 0 saturated carbocycles. The summed E-state index contributed by atoms with van der Waals surface area (Å²) >= 11 is 5.91. The van der Waals surface area contributed by atoms with Crippen LogP contribution in [-0.4, -0.2) is 29.1 Å². The van der Waals surface area contributed by atoms with E-state index >= 15 is 0 Å². The fraction of sp³-hybridized carbons (Fsp3) is 0.227. The second-order valence-corrected chi connectivity index (χ2v) is 9.62. The van der Waals surface area contributed by atoms with E-state index in [0.717, 1.165) is 29.2 Å². The Morgan fingerprint density at radius 1 is 1.23 bits per heavy atom. The van der Waals surface area contributed by atoms with Gasteiger partial charge in [0.25, 0.3) is 5.91 Å². The second kappa shape index (κ2) is 10.6. The quantitative estimate of drug-likeness (QED) is 0.301. The number of amides is 1. The number of carbonyl (C=O) groups is 1. The number of benzene rings is 2. The lowest BCUT2D eigenvalue weighted by Gasteiger charge is -2.12. The minimum atomic E-state index is -0.00634. The van der Waals surface area contributed by atoms with Gasteiger partial charge in [0.05, 0.1) is 23.7 Å². The Labute approximate surface area is 207 Å². The van der Waals surface area contributed by atoms with Crippen molar-refractivity contribution in [2.24, 2.45) is 4.99 Å². The van der Waals surface area contributed by atoms with Crippen LogP contribution in [0.2, 0.25) is 0 Å². The molecule has 2 aromatic rings. The highest BCUT2D eigenvalue weighted by atomic mass is 127. The smallest absolute Gasteiger partial charge is 0.266 e. The van der Waals surface area contributed by atoms with Crippen molar-refractivity contribution in [2.75, 3.05) is 13.1 Å². The predicted molar refractivity (Wildman–Crippen MR) is 138 cm³/mol. The molecule has 1 aliphatic heterocycles. The van der Waals surface area contributed by atoms with Crippen molar-refractivity contribution >= 4 is 74.1 Å². The first-order valence-corrected chi connectivity index (χ1v) is 12.3. The SMILES string of the molecule is CCN=C1S/C(=C\c2cc(I)c(OCc3ccccc3C#N)c(I)c2)C(=O)N1CC. The summed E-state index contributed by atoms with van der Waals surface area (Å²) < 4.78 is 7.94.